The van der Waals surface area contributed by atoms with Crippen molar-refractivity contribution in [2.45, 2.75) is 0 Å². The van der Waals surface area contributed by atoms with Crippen molar-refractivity contribution in [1.82, 2.24) is 0 Å². The van der Waals surface area contributed by atoms with E-state index in [4.69, 9.17) is 9.47 Å². The van der Waals surface area contributed by atoms with Gasteiger partial charge in [-0.15, -0.1) is 0 Å². The number of nitro benzene ring substituents is 1. The van der Waals surface area contributed by atoms with Gasteiger partial charge in [0, 0.05) is 23.3 Å². The van der Waals surface area contributed by atoms with E-state index in [2.05, 4.69) is 0 Å². The molecule has 0 aliphatic carbocycles. The summed E-state index contributed by atoms with van der Waals surface area (Å²) in [5.41, 5.74) is 1.08. The maximum absolute atomic E-state index is 12.1. The number of allylic oxidation sites excluding steroid dienone is 1. The summed E-state index contributed by atoms with van der Waals surface area (Å²) in [7, 11) is 0. The van der Waals surface area contributed by atoms with Crippen molar-refractivity contribution in [2.75, 3.05) is 13.2 Å². The summed E-state index contributed by atoms with van der Waals surface area (Å²) in [6, 6.07) is 10.9. The van der Waals surface area contributed by atoms with E-state index in [1.54, 1.807) is 6.08 Å². The summed E-state index contributed by atoms with van der Waals surface area (Å²) in [5.74, 6) is 1.03. The zero-order valence-electron chi connectivity index (χ0n) is 12.1. The highest BCUT2D eigenvalue weighted by molar-refractivity contribution is 6.07. The van der Waals surface area contributed by atoms with Crippen LogP contribution in [0.5, 0.6) is 11.5 Å². The van der Waals surface area contributed by atoms with Gasteiger partial charge in [-0.05, 0) is 30.4 Å². The number of para-hydroxylation sites is 1. The van der Waals surface area contributed by atoms with E-state index in [-0.39, 0.29) is 11.5 Å². The Balaban J connectivity index is 1.80. The van der Waals surface area contributed by atoms with Crippen LogP contribution in [-0.2, 0) is 0 Å². The molecular formula is C17H13NO5. The average molecular weight is 311 g/mol. The first-order chi connectivity index (χ1) is 11.1. The van der Waals surface area contributed by atoms with Crippen molar-refractivity contribution >= 4 is 17.5 Å². The van der Waals surface area contributed by atoms with Crippen LogP contribution in [0.25, 0.3) is 6.08 Å². The number of hydrogen-bond acceptors (Lipinski definition) is 5. The molecule has 3 rings (SSSR count). The molecule has 23 heavy (non-hydrogen) atoms. The third-order valence-electron chi connectivity index (χ3n) is 3.37. The highest BCUT2D eigenvalue weighted by Crippen LogP contribution is 2.34. The Morgan fingerprint density at radius 3 is 2.57 bits per heavy atom. The molecule has 1 aliphatic heterocycles. The summed E-state index contributed by atoms with van der Waals surface area (Å²) < 4.78 is 11.1. The second-order valence-electron chi connectivity index (χ2n) is 4.87. The highest BCUT2D eigenvalue weighted by Gasteiger charge is 2.14. The number of carbonyl (C=O) groups excluding carboxylic acids is 1. The van der Waals surface area contributed by atoms with Crippen LogP contribution in [0, 0.1) is 10.1 Å². The molecule has 0 amide bonds. The number of ether oxygens (including phenoxy) is 2. The standard InChI is InChI=1S/C17H13NO5/c19-15(12-4-7-14(8-5-12)18(20)21)9-6-13-2-1-3-16-17(13)23-11-10-22-16/h1-9H,10-11H2/b9-6+. The van der Waals surface area contributed by atoms with Crippen molar-refractivity contribution in [1.29, 1.82) is 0 Å². The van der Waals surface area contributed by atoms with E-state index >= 15 is 0 Å². The summed E-state index contributed by atoms with van der Waals surface area (Å²) >= 11 is 0. The van der Waals surface area contributed by atoms with Gasteiger partial charge in [0.25, 0.3) is 5.69 Å². The van der Waals surface area contributed by atoms with Gasteiger partial charge in [-0.25, -0.2) is 0 Å². The number of rotatable bonds is 4. The molecule has 1 heterocycles. The van der Waals surface area contributed by atoms with Crippen LogP contribution in [0.15, 0.2) is 48.5 Å². The van der Waals surface area contributed by atoms with E-state index in [0.29, 0.717) is 30.3 Å². The molecule has 0 radical (unpaired) electrons. The maximum Gasteiger partial charge on any atom is 0.269 e. The molecule has 0 N–H and O–H groups in total. The number of carbonyl (C=O) groups is 1. The summed E-state index contributed by atoms with van der Waals surface area (Å²) in [6.07, 6.45) is 3.06. The molecule has 2 aromatic rings. The Labute approximate surface area is 132 Å². The minimum absolute atomic E-state index is 0.0480. The van der Waals surface area contributed by atoms with Gasteiger partial charge in [-0.1, -0.05) is 12.1 Å². The molecule has 0 bridgehead atoms. The van der Waals surface area contributed by atoms with Gasteiger partial charge in [-0.2, -0.15) is 0 Å². The molecule has 6 heteroatoms. The van der Waals surface area contributed by atoms with E-state index in [0.717, 1.165) is 5.56 Å². The van der Waals surface area contributed by atoms with Crippen molar-refractivity contribution < 1.29 is 19.2 Å². The van der Waals surface area contributed by atoms with E-state index in [1.807, 2.05) is 18.2 Å². The van der Waals surface area contributed by atoms with Crippen molar-refractivity contribution in [3.8, 4) is 11.5 Å². The second kappa shape index (κ2) is 6.31. The van der Waals surface area contributed by atoms with Gasteiger partial charge in [0.1, 0.15) is 13.2 Å². The van der Waals surface area contributed by atoms with E-state index < -0.39 is 4.92 Å². The van der Waals surface area contributed by atoms with Crippen LogP contribution in [0.4, 0.5) is 5.69 Å². The van der Waals surface area contributed by atoms with Crippen LogP contribution < -0.4 is 9.47 Å². The molecule has 2 aromatic carbocycles. The van der Waals surface area contributed by atoms with Gasteiger partial charge in [0.15, 0.2) is 17.3 Å². The Bertz CT molecular complexity index is 780. The number of benzene rings is 2. The van der Waals surface area contributed by atoms with Crippen LogP contribution in [0.1, 0.15) is 15.9 Å². The van der Waals surface area contributed by atoms with Gasteiger partial charge >= 0.3 is 0 Å². The van der Waals surface area contributed by atoms with Crippen LogP contribution in [0.3, 0.4) is 0 Å². The Morgan fingerprint density at radius 1 is 1.09 bits per heavy atom. The predicted octanol–water partition coefficient (Wildman–Crippen LogP) is 3.26. The molecule has 0 unspecified atom stereocenters. The fourth-order valence-electron chi connectivity index (χ4n) is 2.24. The van der Waals surface area contributed by atoms with Crippen LogP contribution in [-0.4, -0.2) is 23.9 Å². The Kier molecular flexibility index (Phi) is 4.05. The third-order valence-corrected chi connectivity index (χ3v) is 3.37. The predicted molar refractivity (Wildman–Crippen MR) is 83.9 cm³/mol. The average Bonchev–Trinajstić information content (AvgIpc) is 2.59. The molecule has 116 valence electrons. The lowest BCUT2D eigenvalue weighted by Crippen LogP contribution is -2.15. The van der Waals surface area contributed by atoms with Gasteiger partial charge < -0.3 is 9.47 Å². The normalized spacial score (nSPS) is 13.0. The summed E-state index contributed by atoms with van der Waals surface area (Å²) in [4.78, 5) is 22.2. The first kappa shape index (κ1) is 14.8. The van der Waals surface area contributed by atoms with Gasteiger partial charge in [0.05, 0.1) is 4.92 Å². The fourth-order valence-corrected chi connectivity index (χ4v) is 2.24. The van der Waals surface area contributed by atoms with Crippen molar-refractivity contribution in [3.05, 3.63) is 69.8 Å². The molecule has 0 fully saturated rings. The third kappa shape index (κ3) is 3.21. The maximum atomic E-state index is 12.1. The number of non-ortho nitro benzene ring substituents is 1. The summed E-state index contributed by atoms with van der Waals surface area (Å²) in [5, 5.41) is 10.6. The molecule has 0 atom stereocenters. The first-order valence-electron chi connectivity index (χ1n) is 7.00. The number of hydrogen-bond donors (Lipinski definition) is 0. The van der Waals surface area contributed by atoms with E-state index in [9.17, 15) is 14.9 Å². The van der Waals surface area contributed by atoms with Gasteiger partial charge in [0.2, 0.25) is 0 Å². The second-order valence-corrected chi connectivity index (χ2v) is 4.87. The molecule has 0 spiro atoms. The Morgan fingerprint density at radius 2 is 1.83 bits per heavy atom. The number of nitro groups is 1. The van der Waals surface area contributed by atoms with Crippen molar-refractivity contribution in [3.63, 3.8) is 0 Å². The minimum Gasteiger partial charge on any atom is -0.486 e. The lowest BCUT2D eigenvalue weighted by Gasteiger charge is -2.19. The largest absolute Gasteiger partial charge is 0.486 e. The van der Waals surface area contributed by atoms with Crippen LogP contribution in [0.2, 0.25) is 0 Å². The lowest BCUT2D eigenvalue weighted by molar-refractivity contribution is -0.384. The lowest BCUT2D eigenvalue weighted by atomic mass is 10.1. The Hall–Kier alpha value is -3.15. The molecule has 1 aliphatic rings. The molecule has 0 saturated carbocycles. The SMILES string of the molecule is O=C(/C=C/c1cccc2c1OCCO2)c1ccc([N+](=O)[O-])cc1. The molecular weight excluding hydrogens is 298 g/mol. The number of nitrogens with zero attached hydrogens (tertiary/aromatic N) is 1. The topological polar surface area (TPSA) is 78.7 Å². The zero-order chi connectivity index (χ0) is 16.2. The highest BCUT2D eigenvalue weighted by atomic mass is 16.6. The molecule has 6 nitrogen and oxygen atoms in total. The number of ketones is 1. The smallest absolute Gasteiger partial charge is 0.269 e. The monoisotopic (exact) mass is 311 g/mol. The fraction of sp³-hybridized carbons (Fsp3) is 0.118. The zero-order valence-corrected chi connectivity index (χ0v) is 12.1. The molecule has 0 aromatic heterocycles. The van der Waals surface area contributed by atoms with E-state index in [1.165, 1.54) is 30.3 Å². The summed E-state index contributed by atoms with van der Waals surface area (Å²) in [6.45, 7) is 0.968. The first-order valence-corrected chi connectivity index (χ1v) is 7.00. The minimum atomic E-state index is -0.502. The van der Waals surface area contributed by atoms with Crippen LogP contribution >= 0.6 is 0 Å². The van der Waals surface area contributed by atoms with Crippen molar-refractivity contribution in [2.24, 2.45) is 0 Å². The number of fused-ring (bicyclic) bond motifs is 1. The van der Waals surface area contributed by atoms with Gasteiger partial charge in [-0.3, -0.25) is 14.9 Å². The molecule has 0 saturated heterocycles. The quantitative estimate of drug-likeness (QED) is 0.375.